The van der Waals surface area contributed by atoms with Gasteiger partial charge in [-0.25, -0.2) is 4.79 Å². The second-order valence-electron chi connectivity index (χ2n) is 7.58. The Bertz CT molecular complexity index is 676. The number of amides is 1. The Kier molecular flexibility index (Phi) is 8.22. The van der Waals surface area contributed by atoms with Crippen molar-refractivity contribution in [2.45, 2.75) is 59.3 Å². The van der Waals surface area contributed by atoms with E-state index in [1.807, 2.05) is 30.3 Å². The van der Waals surface area contributed by atoms with Gasteiger partial charge < -0.3 is 14.8 Å². The standard InChI is InChI=1S/C21H29NO5/c1-14(2)12-17(22-20(25)27-21(4,5)6)18(23)15(3)19(24)26-13-16-10-8-7-9-11-16/h7-11,15,17H,1,12-13H2,2-6H3,(H,22,25)/t15?,17-/m0/s1. The summed E-state index contributed by atoms with van der Waals surface area (Å²) in [6.07, 6.45) is -0.499. The van der Waals surface area contributed by atoms with Gasteiger partial charge >= 0.3 is 12.1 Å². The second-order valence-corrected chi connectivity index (χ2v) is 7.58. The molecule has 27 heavy (non-hydrogen) atoms. The van der Waals surface area contributed by atoms with Crippen molar-refractivity contribution in [3.05, 3.63) is 48.0 Å². The van der Waals surface area contributed by atoms with E-state index in [0.717, 1.165) is 5.56 Å². The van der Waals surface area contributed by atoms with Crippen molar-refractivity contribution in [2.75, 3.05) is 0 Å². The van der Waals surface area contributed by atoms with Crippen LogP contribution >= 0.6 is 0 Å². The van der Waals surface area contributed by atoms with E-state index in [9.17, 15) is 14.4 Å². The Morgan fingerprint density at radius 1 is 1.15 bits per heavy atom. The fraction of sp³-hybridized carbons (Fsp3) is 0.476. The first-order chi connectivity index (χ1) is 12.5. The van der Waals surface area contributed by atoms with Gasteiger partial charge in [-0.05, 0) is 46.6 Å². The fourth-order valence-electron chi connectivity index (χ4n) is 2.29. The number of nitrogens with one attached hydrogen (secondary N) is 1. The van der Waals surface area contributed by atoms with Gasteiger partial charge in [0.15, 0.2) is 5.78 Å². The highest BCUT2D eigenvalue weighted by atomic mass is 16.6. The van der Waals surface area contributed by atoms with E-state index in [0.29, 0.717) is 5.57 Å². The summed E-state index contributed by atoms with van der Waals surface area (Å²) >= 11 is 0. The fourth-order valence-corrected chi connectivity index (χ4v) is 2.29. The van der Waals surface area contributed by atoms with Crippen LogP contribution in [0.1, 0.15) is 46.6 Å². The molecule has 0 radical (unpaired) electrons. The van der Waals surface area contributed by atoms with Crippen LogP contribution in [-0.2, 0) is 25.7 Å². The van der Waals surface area contributed by atoms with Crippen LogP contribution in [0.25, 0.3) is 0 Å². The highest BCUT2D eigenvalue weighted by Gasteiger charge is 2.32. The summed E-state index contributed by atoms with van der Waals surface area (Å²) in [5.74, 6) is -2.10. The van der Waals surface area contributed by atoms with Gasteiger partial charge in [-0.1, -0.05) is 35.9 Å². The third-order valence-corrected chi connectivity index (χ3v) is 3.59. The number of hydrogen-bond acceptors (Lipinski definition) is 5. The molecule has 1 aromatic carbocycles. The number of Topliss-reactive ketones (excluding diaryl/α,β-unsaturated/α-hetero) is 1. The van der Waals surface area contributed by atoms with E-state index >= 15 is 0 Å². The third-order valence-electron chi connectivity index (χ3n) is 3.59. The van der Waals surface area contributed by atoms with Crippen LogP contribution in [0.4, 0.5) is 4.79 Å². The van der Waals surface area contributed by atoms with Crippen LogP contribution in [-0.4, -0.2) is 29.5 Å². The molecule has 1 N–H and O–H groups in total. The number of rotatable bonds is 8. The topological polar surface area (TPSA) is 81.7 Å². The molecule has 0 heterocycles. The molecule has 0 aliphatic heterocycles. The molecule has 1 rings (SSSR count). The molecule has 0 saturated heterocycles. The van der Waals surface area contributed by atoms with Crippen molar-refractivity contribution < 1.29 is 23.9 Å². The third kappa shape index (κ3) is 8.53. The molecular formula is C21H29NO5. The molecule has 0 fully saturated rings. The number of hydrogen-bond donors (Lipinski definition) is 1. The molecule has 6 nitrogen and oxygen atoms in total. The van der Waals surface area contributed by atoms with Gasteiger partial charge in [-0.15, -0.1) is 6.58 Å². The van der Waals surface area contributed by atoms with Gasteiger partial charge in [-0.3, -0.25) is 9.59 Å². The lowest BCUT2D eigenvalue weighted by atomic mass is 9.95. The maximum absolute atomic E-state index is 12.7. The number of ketones is 1. The first kappa shape index (κ1) is 22.4. The van der Waals surface area contributed by atoms with Crippen molar-refractivity contribution in [3.8, 4) is 0 Å². The molecule has 148 valence electrons. The smallest absolute Gasteiger partial charge is 0.408 e. The molecule has 1 aromatic rings. The molecule has 0 spiro atoms. The van der Waals surface area contributed by atoms with Crippen molar-refractivity contribution >= 4 is 17.8 Å². The maximum Gasteiger partial charge on any atom is 0.408 e. The highest BCUT2D eigenvalue weighted by Crippen LogP contribution is 2.14. The summed E-state index contributed by atoms with van der Waals surface area (Å²) in [6.45, 7) is 12.3. The molecule has 2 atom stereocenters. The molecular weight excluding hydrogens is 346 g/mol. The van der Waals surface area contributed by atoms with Crippen molar-refractivity contribution in [2.24, 2.45) is 5.92 Å². The molecule has 6 heteroatoms. The van der Waals surface area contributed by atoms with Crippen LogP contribution in [0.15, 0.2) is 42.5 Å². The number of carbonyl (C=O) groups excluding carboxylic acids is 3. The highest BCUT2D eigenvalue weighted by molar-refractivity contribution is 6.02. The van der Waals surface area contributed by atoms with Gasteiger partial charge in [0.25, 0.3) is 0 Å². The monoisotopic (exact) mass is 375 g/mol. The zero-order valence-corrected chi connectivity index (χ0v) is 16.7. The van der Waals surface area contributed by atoms with Crippen molar-refractivity contribution in [3.63, 3.8) is 0 Å². The number of benzene rings is 1. The lowest BCUT2D eigenvalue weighted by molar-refractivity contribution is -0.153. The normalized spacial score (nSPS) is 13.2. The average Bonchev–Trinajstić information content (AvgIpc) is 2.56. The van der Waals surface area contributed by atoms with Crippen LogP contribution < -0.4 is 5.32 Å². The molecule has 0 bridgehead atoms. The van der Waals surface area contributed by atoms with Crippen LogP contribution in [0.5, 0.6) is 0 Å². The molecule has 0 aliphatic carbocycles. The summed E-state index contributed by atoms with van der Waals surface area (Å²) in [4.78, 5) is 37.0. The van der Waals surface area contributed by atoms with Crippen molar-refractivity contribution in [1.82, 2.24) is 5.32 Å². The lowest BCUT2D eigenvalue weighted by Crippen LogP contribution is -2.46. The molecule has 1 unspecified atom stereocenters. The predicted molar refractivity (Wildman–Crippen MR) is 103 cm³/mol. The Morgan fingerprint density at radius 3 is 2.26 bits per heavy atom. The van der Waals surface area contributed by atoms with Crippen LogP contribution in [0.3, 0.4) is 0 Å². The van der Waals surface area contributed by atoms with Crippen LogP contribution in [0.2, 0.25) is 0 Å². The molecule has 0 aliphatic rings. The van der Waals surface area contributed by atoms with Crippen LogP contribution in [0, 0.1) is 5.92 Å². The minimum Gasteiger partial charge on any atom is -0.460 e. The SMILES string of the molecule is C=C(C)C[C@H](NC(=O)OC(C)(C)C)C(=O)C(C)C(=O)OCc1ccccc1. The second kappa shape index (κ2) is 9.90. The number of carbonyl (C=O) groups is 3. The van der Waals surface area contributed by atoms with Gasteiger partial charge in [-0.2, -0.15) is 0 Å². The Hall–Kier alpha value is -2.63. The quantitative estimate of drug-likeness (QED) is 0.425. The summed E-state index contributed by atoms with van der Waals surface area (Å²) in [5.41, 5.74) is 0.839. The summed E-state index contributed by atoms with van der Waals surface area (Å²) in [7, 11) is 0. The predicted octanol–water partition coefficient (Wildman–Crippen LogP) is 3.79. The Morgan fingerprint density at radius 2 is 1.74 bits per heavy atom. The first-order valence-electron chi connectivity index (χ1n) is 8.88. The Balaban J connectivity index is 2.73. The van der Waals surface area contributed by atoms with Gasteiger partial charge in [0.05, 0.1) is 6.04 Å². The molecule has 0 saturated carbocycles. The number of ether oxygens (including phenoxy) is 2. The minimum atomic E-state index is -1.02. The zero-order valence-electron chi connectivity index (χ0n) is 16.7. The van der Waals surface area contributed by atoms with E-state index in [2.05, 4.69) is 11.9 Å². The minimum absolute atomic E-state index is 0.0853. The van der Waals surface area contributed by atoms with Gasteiger partial charge in [0.2, 0.25) is 0 Å². The number of esters is 1. The first-order valence-corrected chi connectivity index (χ1v) is 8.88. The van der Waals surface area contributed by atoms with Crippen molar-refractivity contribution in [1.29, 1.82) is 0 Å². The average molecular weight is 375 g/mol. The summed E-state index contributed by atoms with van der Waals surface area (Å²) < 4.78 is 10.4. The molecule has 0 aromatic heterocycles. The van der Waals surface area contributed by atoms with E-state index in [-0.39, 0.29) is 13.0 Å². The zero-order chi connectivity index (χ0) is 20.6. The van der Waals surface area contributed by atoms with E-state index in [1.54, 1.807) is 27.7 Å². The van der Waals surface area contributed by atoms with E-state index in [1.165, 1.54) is 6.92 Å². The summed E-state index contributed by atoms with van der Waals surface area (Å²) in [5, 5.41) is 2.53. The van der Waals surface area contributed by atoms with Gasteiger partial charge in [0.1, 0.15) is 18.1 Å². The van der Waals surface area contributed by atoms with E-state index < -0.39 is 35.4 Å². The maximum atomic E-state index is 12.7. The largest absolute Gasteiger partial charge is 0.460 e. The number of alkyl carbamates (subject to hydrolysis) is 1. The van der Waals surface area contributed by atoms with Gasteiger partial charge in [0, 0.05) is 0 Å². The Labute approximate surface area is 160 Å². The molecule has 1 amide bonds. The summed E-state index contributed by atoms with van der Waals surface area (Å²) in [6, 6.07) is 8.29. The van der Waals surface area contributed by atoms with E-state index in [4.69, 9.17) is 9.47 Å². The lowest BCUT2D eigenvalue weighted by Gasteiger charge is -2.24.